The Bertz CT molecular complexity index is 617. The second-order valence-electron chi connectivity index (χ2n) is 4.66. The Morgan fingerprint density at radius 2 is 2.10 bits per heavy atom. The molecule has 3 rings (SSSR count). The van der Waals surface area contributed by atoms with E-state index in [0.717, 1.165) is 6.07 Å². The van der Waals surface area contributed by atoms with Gasteiger partial charge in [0, 0.05) is 18.8 Å². The van der Waals surface area contributed by atoms with Crippen LogP contribution in [0.25, 0.3) is 0 Å². The van der Waals surface area contributed by atoms with E-state index in [2.05, 4.69) is 15.3 Å². The van der Waals surface area contributed by atoms with Gasteiger partial charge in [-0.25, -0.2) is 9.37 Å². The van der Waals surface area contributed by atoms with Crippen LogP contribution < -0.4 is 10.1 Å². The molecule has 4 nitrogen and oxygen atoms in total. The molecule has 1 aliphatic rings. The average Bonchev–Trinajstić information content (AvgIpc) is 3.26. The monoisotopic (exact) mass is 277 g/mol. The zero-order chi connectivity index (χ0) is 13.9. The third kappa shape index (κ3) is 3.08. The summed E-state index contributed by atoms with van der Waals surface area (Å²) >= 11 is 0. The fourth-order valence-corrected chi connectivity index (χ4v) is 1.73. The molecule has 0 saturated heterocycles. The SMILES string of the molecule is Fc1cccc(Oc2cncc(CNC3CC3)n2)c1F. The summed E-state index contributed by atoms with van der Waals surface area (Å²) in [6, 6.07) is 4.31. The van der Waals surface area contributed by atoms with Crippen molar-refractivity contribution in [1.82, 2.24) is 15.3 Å². The summed E-state index contributed by atoms with van der Waals surface area (Å²) < 4.78 is 31.8. The van der Waals surface area contributed by atoms with E-state index in [1.54, 1.807) is 6.20 Å². The minimum atomic E-state index is -1.03. The van der Waals surface area contributed by atoms with Crippen molar-refractivity contribution in [2.24, 2.45) is 0 Å². The molecule has 1 aromatic heterocycles. The Morgan fingerprint density at radius 1 is 1.25 bits per heavy atom. The lowest BCUT2D eigenvalue weighted by Gasteiger charge is -2.07. The van der Waals surface area contributed by atoms with E-state index in [4.69, 9.17) is 4.74 Å². The second-order valence-corrected chi connectivity index (χ2v) is 4.66. The highest BCUT2D eigenvalue weighted by molar-refractivity contribution is 5.28. The third-order valence-corrected chi connectivity index (χ3v) is 2.94. The highest BCUT2D eigenvalue weighted by Crippen LogP contribution is 2.24. The molecule has 1 N–H and O–H groups in total. The third-order valence-electron chi connectivity index (χ3n) is 2.94. The van der Waals surface area contributed by atoms with Crippen LogP contribution in [-0.2, 0) is 6.54 Å². The van der Waals surface area contributed by atoms with Crippen LogP contribution >= 0.6 is 0 Å². The number of rotatable bonds is 5. The van der Waals surface area contributed by atoms with Gasteiger partial charge >= 0.3 is 0 Å². The quantitative estimate of drug-likeness (QED) is 0.913. The maximum Gasteiger partial charge on any atom is 0.238 e. The van der Waals surface area contributed by atoms with Crippen molar-refractivity contribution < 1.29 is 13.5 Å². The summed E-state index contributed by atoms with van der Waals surface area (Å²) in [5, 5.41) is 3.29. The Labute approximate surface area is 114 Å². The predicted molar refractivity (Wildman–Crippen MR) is 68.3 cm³/mol. The van der Waals surface area contributed by atoms with Crippen LogP contribution in [0.4, 0.5) is 8.78 Å². The minimum Gasteiger partial charge on any atom is -0.434 e. The van der Waals surface area contributed by atoms with Gasteiger partial charge in [0.25, 0.3) is 0 Å². The summed E-state index contributed by atoms with van der Waals surface area (Å²) in [7, 11) is 0. The normalized spacial score (nSPS) is 14.3. The van der Waals surface area contributed by atoms with Gasteiger partial charge in [-0.15, -0.1) is 0 Å². The zero-order valence-electron chi connectivity index (χ0n) is 10.6. The first kappa shape index (κ1) is 12.9. The number of hydrogen-bond acceptors (Lipinski definition) is 4. The molecule has 0 amide bonds. The van der Waals surface area contributed by atoms with Crippen LogP contribution in [0.1, 0.15) is 18.5 Å². The van der Waals surface area contributed by atoms with E-state index in [1.165, 1.54) is 31.2 Å². The molecule has 0 bridgehead atoms. The van der Waals surface area contributed by atoms with Crippen LogP contribution in [0.2, 0.25) is 0 Å². The second kappa shape index (κ2) is 5.50. The predicted octanol–water partition coefficient (Wildman–Crippen LogP) is 2.80. The maximum absolute atomic E-state index is 13.5. The van der Waals surface area contributed by atoms with Crippen LogP contribution in [-0.4, -0.2) is 16.0 Å². The molecule has 1 fully saturated rings. The molecule has 20 heavy (non-hydrogen) atoms. The summed E-state index contributed by atoms with van der Waals surface area (Å²) in [5.74, 6) is -2.05. The molecule has 0 radical (unpaired) electrons. The molecular weight excluding hydrogens is 264 g/mol. The fourth-order valence-electron chi connectivity index (χ4n) is 1.73. The molecule has 0 atom stereocenters. The largest absolute Gasteiger partial charge is 0.434 e. The van der Waals surface area contributed by atoms with Crippen molar-refractivity contribution in [3.05, 3.63) is 47.9 Å². The van der Waals surface area contributed by atoms with Crippen molar-refractivity contribution in [3.8, 4) is 11.6 Å². The number of halogens is 2. The van der Waals surface area contributed by atoms with Gasteiger partial charge in [-0.05, 0) is 25.0 Å². The number of nitrogens with one attached hydrogen (secondary N) is 1. The van der Waals surface area contributed by atoms with E-state index in [1.807, 2.05) is 0 Å². The number of benzene rings is 1. The Balaban J connectivity index is 1.72. The van der Waals surface area contributed by atoms with Gasteiger partial charge in [0.15, 0.2) is 11.6 Å². The summed E-state index contributed by atoms with van der Waals surface area (Å²) in [6.45, 7) is 0.584. The molecule has 0 spiro atoms. The number of hydrogen-bond donors (Lipinski definition) is 1. The first-order chi connectivity index (χ1) is 9.72. The lowest BCUT2D eigenvalue weighted by Crippen LogP contribution is -2.16. The van der Waals surface area contributed by atoms with Gasteiger partial charge in [-0.3, -0.25) is 4.98 Å². The van der Waals surface area contributed by atoms with E-state index >= 15 is 0 Å². The molecule has 0 aliphatic heterocycles. The number of aromatic nitrogens is 2. The van der Waals surface area contributed by atoms with Crippen molar-refractivity contribution in [3.63, 3.8) is 0 Å². The van der Waals surface area contributed by atoms with E-state index in [0.29, 0.717) is 18.3 Å². The molecule has 1 aromatic carbocycles. The highest BCUT2D eigenvalue weighted by Gasteiger charge is 2.20. The standard InChI is InChI=1S/C14H13F2N3O/c15-11-2-1-3-12(14(11)16)20-13-8-17-6-10(19-13)7-18-9-4-5-9/h1-3,6,8-9,18H,4-5,7H2. The smallest absolute Gasteiger partial charge is 0.238 e. The van der Waals surface area contributed by atoms with E-state index < -0.39 is 11.6 Å². The van der Waals surface area contributed by atoms with Gasteiger partial charge in [0.1, 0.15) is 0 Å². The van der Waals surface area contributed by atoms with Crippen LogP contribution in [0.5, 0.6) is 11.6 Å². The molecule has 1 heterocycles. The Morgan fingerprint density at radius 3 is 2.90 bits per heavy atom. The van der Waals surface area contributed by atoms with Gasteiger partial charge in [-0.1, -0.05) is 6.07 Å². The molecule has 6 heteroatoms. The van der Waals surface area contributed by atoms with Crippen LogP contribution in [0.3, 0.4) is 0 Å². The summed E-state index contributed by atoms with van der Waals surface area (Å²) in [4.78, 5) is 8.19. The summed E-state index contributed by atoms with van der Waals surface area (Å²) in [5.41, 5.74) is 0.700. The van der Waals surface area contributed by atoms with Gasteiger partial charge < -0.3 is 10.1 Å². The number of ether oxygens (including phenoxy) is 1. The van der Waals surface area contributed by atoms with Gasteiger partial charge in [-0.2, -0.15) is 4.39 Å². The zero-order valence-corrected chi connectivity index (χ0v) is 10.6. The first-order valence-electron chi connectivity index (χ1n) is 6.38. The Kier molecular flexibility index (Phi) is 3.56. The van der Waals surface area contributed by atoms with E-state index in [9.17, 15) is 8.78 Å². The fraction of sp³-hybridized carbons (Fsp3) is 0.286. The first-order valence-corrected chi connectivity index (χ1v) is 6.38. The van der Waals surface area contributed by atoms with Crippen molar-refractivity contribution in [1.29, 1.82) is 0 Å². The molecule has 1 aliphatic carbocycles. The van der Waals surface area contributed by atoms with Gasteiger partial charge in [0.05, 0.1) is 11.9 Å². The number of nitrogens with zero attached hydrogens (tertiary/aromatic N) is 2. The van der Waals surface area contributed by atoms with Crippen LogP contribution in [0.15, 0.2) is 30.6 Å². The molecule has 0 unspecified atom stereocenters. The molecule has 104 valence electrons. The van der Waals surface area contributed by atoms with Crippen molar-refractivity contribution in [2.45, 2.75) is 25.4 Å². The maximum atomic E-state index is 13.5. The van der Waals surface area contributed by atoms with Crippen LogP contribution in [0, 0.1) is 11.6 Å². The van der Waals surface area contributed by atoms with Gasteiger partial charge in [0.2, 0.25) is 11.7 Å². The highest BCUT2D eigenvalue weighted by atomic mass is 19.2. The molecule has 2 aromatic rings. The molecule has 1 saturated carbocycles. The molecular formula is C14H13F2N3O. The topological polar surface area (TPSA) is 47.0 Å². The lowest BCUT2D eigenvalue weighted by molar-refractivity contribution is 0.402. The van der Waals surface area contributed by atoms with Crippen molar-refractivity contribution in [2.75, 3.05) is 0 Å². The summed E-state index contributed by atoms with van der Waals surface area (Å²) in [6.07, 6.45) is 5.34. The average molecular weight is 277 g/mol. The van der Waals surface area contributed by atoms with E-state index in [-0.39, 0.29) is 11.6 Å². The van der Waals surface area contributed by atoms with Crippen molar-refractivity contribution >= 4 is 0 Å². The Hall–Kier alpha value is -2.08. The minimum absolute atomic E-state index is 0.143. The lowest BCUT2D eigenvalue weighted by atomic mass is 10.3.